The molecule has 0 bridgehead atoms. The van der Waals surface area contributed by atoms with Crippen molar-refractivity contribution < 1.29 is 8.78 Å². The first-order valence-electron chi connectivity index (χ1n) is 5.66. The molecule has 1 aliphatic rings. The van der Waals surface area contributed by atoms with E-state index in [9.17, 15) is 8.78 Å². The van der Waals surface area contributed by atoms with Crippen molar-refractivity contribution in [2.24, 2.45) is 0 Å². The summed E-state index contributed by atoms with van der Waals surface area (Å²) in [7, 11) is 1.91. The van der Waals surface area contributed by atoms with E-state index in [1.807, 2.05) is 25.8 Å². The molecule has 0 fully saturated rings. The van der Waals surface area contributed by atoms with E-state index < -0.39 is 6.43 Å². The van der Waals surface area contributed by atoms with Crippen LogP contribution in [0.25, 0.3) is 0 Å². The molecule has 1 aromatic heterocycles. The standard InChI is InChI=1S/C10H12F2N2.C2H6/c1-14-4-2-3-8-9(14)5-7(6-13-8)10(11)12;1-2/h5-6,10H,2-4H2,1H3;1-2H3. The first kappa shape index (κ1) is 12.9. The molecule has 90 valence electrons. The second-order valence-electron chi connectivity index (χ2n) is 3.56. The number of hydrogen-bond donors (Lipinski definition) is 0. The molecule has 0 radical (unpaired) electrons. The maximum absolute atomic E-state index is 12.4. The van der Waals surface area contributed by atoms with Gasteiger partial charge in [0, 0.05) is 25.4 Å². The first-order valence-corrected chi connectivity index (χ1v) is 5.66. The van der Waals surface area contributed by atoms with Gasteiger partial charge >= 0.3 is 0 Å². The summed E-state index contributed by atoms with van der Waals surface area (Å²) in [6.45, 7) is 4.92. The van der Waals surface area contributed by atoms with Gasteiger partial charge in [-0.05, 0) is 18.9 Å². The highest BCUT2D eigenvalue weighted by molar-refractivity contribution is 5.53. The van der Waals surface area contributed by atoms with Crippen molar-refractivity contribution in [2.45, 2.75) is 33.1 Å². The lowest BCUT2D eigenvalue weighted by Crippen LogP contribution is -2.25. The van der Waals surface area contributed by atoms with Crippen LogP contribution in [0.3, 0.4) is 0 Å². The van der Waals surface area contributed by atoms with Gasteiger partial charge in [0.15, 0.2) is 0 Å². The van der Waals surface area contributed by atoms with Gasteiger partial charge in [-0.1, -0.05) is 13.8 Å². The van der Waals surface area contributed by atoms with Gasteiger partial charge in [-0.15, -0.1) is 0 Å². The fourth-order valence-corrected chi connectivity index (χ4v) is 1.74. The summed E-state index contributed by atoms with van der Waals surface area (Å²) in [4.78, 5) is 6.05. The fourth-order valence-electron chi connectivity index (χ4n) is 1.74. The van der Waals surface area contributed by atoms with E-state index in [2.05, 4.69) is 4.98 Å². The van der Waals surface area contributed by atoms with Crippen LogP contribution in [0.1, 0.15) is 38.0 Å². The molecular weight excluding hydrogens is 210 g/mol. The van der Waals surface area contributed by atoms with Crippen molar-refractivity contribution in [3.63, 3.8) is 0 Å². The van der Waals surface area contributed by atoms with E-state index >= 15 is 0 Å². The minimum Gasteiger partial charge on any atom is -0.373 e. The lowest BCUT2D eigenvalue weighted by atomic mass is 10.1. The SMILES string of the molecule is CC.CN1CCCc2ncc(C(F)F)cc21. The van der Waals surface area contributed by atoms with Gasteiger partial charge in [0.25, 0.3) is 6.43 Å². The predicted octanol–water partition coefficient (Wildman–Crippen LogP) is 3.43. The third kappa shape index (κ3) is 2.68. The third-order valence-electron chi connectivity index (χ3n) is 2.54. The molecule has 1 aromatic rings. The zero-order valence-electron chi connectivity index (χ0n) is 10.0. The zero-order valence-corrected chi connectivity index (χ0v) is 10.0. The Balaban J connectivity index is 0.000000606. The second kappa shape index (κ2) is 5.77. The van der Waals surface area contributed by atoms with E-state index in [-0.39, 0.29) is 5.56 Å². The molecule has 0 spiro atoms. The molecule has 0 saturated carbocycles. The Morgan fingerprint density at radius 1 is 1.38 bits per heavy atom. The highest BCUT2D eigenvalue weighted by Crippen LogP contribution is 2.28. The summed E-state index contributed by atoms with van der Waals surface area (Å²) >= 11 is 0. The van der Waals surface area contributed by atoms with Crippen molar-refractivity contribution in [3.05, 3.63) is 23.5 Å². The summed E-state index contributed by atoms with van der Waals surface area (Å²) in [5.74, 6) is 0. The molecule has 0 N–H and O–H groups in total. The van der Waals surface area contributed by atoms with Gasteiger partial charge in [-0.2, -0.15) is 0 Å². The summed E-state index contributed by atoms with van der Waals surface area (Å²) < 4.78 is 24.8. The van der Waals surface area contributed by atoms with Crippen LogP contribution in [-0.2, 0) is 6.42 Å². The summed E-state index contributed by atoms with van der Waals surface area (Å²) in [5, 5.41) is 0. The minimum absolute atomic E-state index is 0.0116. The molecule has 0 aromatic carbocycles. The third-order valence-corrected chi connectivity index (χ3v) is 2.54. The number of aryl methyl sites for hydroxylation is 1. The van der Waals surface area contributed by atoms with Crippen molar-refractivity contribution in [2.75, 3.05) is 18.5 Å². The normalized spacial score (nSPS) is 14.2. The quantitative estimate of drug-likeness (QED) is 0.732. The van der Waals surface area contributed by atoms with E-state index in [1.54, 1.807) is 6.07 Å². The number of hydrogen-bond acceptors (Lipinski definition) is 2. The predicted molar refractivity (Wildman–Crippen MR) is 62.1 cm³/mol. The van der Waals surface area contributed by atoms with Gasteiger partial charge in [-0.25, -0.2) is 8.78 Å². The molecule has 2 rings (SSSR count). The van der Waals surface area contributed by atoms with E-state index in [0.29, 0.717) is 0 Å². The maximum Gasteiger partial charge on any atom is 0.265 e. The minimum atomic E-state index is -2.43. The zero-order chi connectivity index (χ0) is 12.1. The van der Waals surface area contributed by atoms with Gasteiger partial charge < -0.3 is 4.90 Å². The number of aromatic nitrogens is 1. The number of alkyl halides is 2. The summed E-state index contributed by atoms with van der Waals surface area (Å²) in [5.41, 5.74) is 1.80. The Morgan fingerprint density at radius 2 is 2.06 bits per heavy atom. The Bertz CT molecular complexity index is 340. The largest absolute Gasteiger partial charge is 0.373 e. The van der Waals surface area contributed by atoms with Crippen LogP contribution in [0.2, 0.25) is 0 Å². The number of pyridine rings is 1. The number of fused-ring (bicyclic) bond motifs is 1. The summed E-state index contributed by atoms with van der Waals surface area (Å²) in [6, 6.07) is 1.55. The molecule has 16 heavy (non-hydrogen) atoms. The highest BCUT2D eigenvalue weighted by atomic mass is 19.3. The van der Waals surface area contributed by atoms with E-state index in [4.69, 9.17) is 0 Å². The Labute approximate surface area is 95.3 Å². The van der Waals surface area contributed by atoms with Crippen LogP contribution < -0.4 is 4.90 Å². The van der Waals surface area contributed by atoms with E-state index in [1.165, 1.54) is 6.20 Å². The summed E-state index contributed by atoms with van der Waals surface area (Å²) in [6.07, 6.45) is 0.791. The van der Waals surface area contributed by atoms with Crippen LogP contribution in [0.4, 0.5) is 14.5 Å². The molecule has 2 heterocycles. The molecule has 0 unspecified atom stereocenters. The number of nitrogens with zero attached hydrogens (tertiary/aromatic N) is 2. The smallest absolute Gasteiger partial charge is 0.265 e. The van der Waals surface area contributed by atoms with Crippen LogP contribution in [0.5, 0.6) is 0 Å². The Morgan fingerprint density at radius 3 is 2.69 bits per heavy atom. The van der Waals surface area contributed by atoms with Crippen molar-refractivity contribution >= 4 is 5.69 Å². The van der Waals surface area contributed by atoms with Crippen molar-refractivity contribution in [3.8, 4) is 0 Å². The van der Waals surface area contributed by atoms with Crippen molar-refractivity contribution in [1.82, 2.24) is 4.98 Å². The van der Waals surface area contributed by atoms with Crippen LogP contribution in [-0.4, -0.2) is 18.6 Å². The lowest BCUT2D eigenvalue weighted by Gasteiger charge is -2.26. The molecule has 0 saturated heterocycles. The lowest BCUT2D eigenvalue weighted by molar-refractivity contribution is 0.151. The first-order chi connectivity index (χ1) is 7.68. The molecule has 2 nitrogen and oxygen atoms in total. The molecule has 0 aliphatic carbocycles. The second-order valence-corrected chi connectivity index (χ2v) is 3.56. The molecule has 0 atom stereocenters. The van der Waals surface area contributed by atoms with Gasteiger partial charge in [0.1, 0.15) is 0 Å². The number of halogens is 2. The fraction of sp³-hybridized carbons (Fsp3) is 0.583. The maximum atomic E-state index is 12.4. The molecule has 1 aliphatic heterocycles. The van der Waals surface area contributed by atoms with Crippen LogP contribution in [0.15, 0.2) is 12.3 Å². The Kier molecular flexibility index (Phi) is 4.65. The highest BCUT2D eigenvalue weighted by Gasteiger charge is 2.17. The Hall–Kier alpha value is -1.19. The van der Waals surface area contributed by atoms with Crippen LogP contribution in [0, 0.1) is 0 Å². The van der Waals surface area contributed by atoms with E-state index in [0.717, 1.165) is 30.8 Å². The van der Waals surface area contributed by atoms with Gasteiger partial charge in [-0.3, -0.25) is 4.98 Å². The number of rotatable bonds is 1. The van der Waals surface area contributed by atoms with Crippen LogP contribution >= 0.6 is 0 Å². The monoisotopic (exact) mass is 228 g/mol. The van der Waals surface area contributed by atoms with Gasteiger partial charge in [0.2, 0.25) is 0 Å². The molecule has 4 heteroatoms. The topological polar surface area (TPSA) is 16.1 Å². The number of anilines is 1. The molecule has 0 amide bonds. The average molecular weight is 228 g/mol. The molecular formula is C12H18F2N2. The van der Waals surface area contributed by atoms with Crippen molar-refractivity contribution in [1.29, 1.82) is 0 Å². The average Bonchev–Trinajstić information content (AvgIpc) is 2.32. The van der Waals surface area contributed by atoms with Gasteiger partial charge in [0.05, 0.1) is 11.4 Å².